The van der Waals surface area contributed by atoms with Gasteiger partial charge in [0.05, 0.1) is 13.2 Å². The van der Waals surface area contributed by atoms with Crippen LogP contribution in [0.2, 0.25) is 0 Å². The second-order valence-corrected chi connectivity index (χ2v) is 5.47. The Bertz CT molecular complexity index is 933. The summed E-state index contributed by atoms with van der Waals surface area (Å²) in [6, 6.07) is 7.81. The van der Waals surface area contributed by atoms with Crippen molar-refractivity contribution in [2.75, 3.05) is 26.1 Å². The summed E-state index contributed by atoms with van der Waals surface area (Å²) in [4.78, 5) is 23.4. The maximum Gasteiger partial charge on any atom is 0.328 e. The van der Waals surface area contributed by atoms with Crippen LogP contribution in [-0.2, 0) is 17.8 Å². The van der Waals surface area contributed by atoms with E-state index < -0.39 is 0 Å². The second kappa shape index (κ2) is 7.32. The lowest BCUT2D eigenvalue weighted by Crippen LogP contribution is -2.18. The molecule has 1 aromatic carbocycles. The summed E-state index contributed by atoms with van der Waals surface area (Å²) in [6.45, 7) is 1.45. The number of methoxy groups -OCH3 is 1. The maximum atomic E-state index is 12.3. The number of aromatic nitrogens is 4. The molecule has 0 bridgehead atoms. The third-order valence-electron chi connectivity index (χ3n) is 3.72. The maximum absolute atomic E-state index is 12.3. The number of rotatable bonds is 7. The predicted octanol–water partition coefficient (Wildman–Crippen LogP) is 0.234. The van der Waals surface area contributed by atoms with Crippen molar-refractivity contribution in [1.29, 1.82) is 0 Å². The van der Waals surface area contributed by atoms with Crippen LogP contribution in [0.1, 0.15) is 11.1 Å². The highest BCUT2D eigenvalue weighted by atomic mass is 16.5. The number of aromatic amines is 1. The fourth-order valence-corrected chi connectivity index (χ4v) is 2.50. The first-order valence-electron chi connectivity index (χ1n) is 7.78. The SMILES string of the molecule is COCCOc1nc(N)c2[nH]c(=O)n(Cc3cccc(CN)c3)c2n1. The summed E-state index contributed by atoms with van der Waals surface area (Å²) in [5, 5.41) is 0. The number of fused-ring (bicyclic) bond motifs is 1. The fourth-order valence-electron chi connectivity index (χ4n) is 2.50. The topological polar surface area (TPSA) is 134 Å². The second-order valence-electron chi connectivity index (χ2n) is 5.47. The van der Waals surface area contributed by atoms with Crippen molar-refractivity contribution in [3.63, 3.8) is 0 Å². The lowest BCUT2D eigenvalue weighted by molar-refractivity contribution is 0.141. The molecule has 3 rings (SSSR count). The van der Waals surface area contributed by atoms with E-state index in [0.717, 1.165) is 11.1 Å². The zero-order valence-corrected chi connectivity index (χ0v) is 13.9. The van der Waals surface area contributed by atoms with Crippen molar-refractivity contribution in [2.24, 2.45) is 5.73 Å². The molecule has 0 spiro atoms. The predicted molar refractivity (Wildman–Crippen MR) is 93.4 cm³/mol. The summed E-state index contributed by atoms with van der Waals surface area (Å²) < 4.78 is 11.8. The summed E-state index contributed by atoms with van der Waals surface area (Å²) in [5.74, 6) is 0.156. The summed E-state index contributed by atoms with van der Waals surface area (Å²) >= 11 is 0. The molecule has 0 saturated carbocycles. The Morgan fingerprint density at radius 1 is 1.24 bits per heavy atom. The number of hydrogen-bond acceptors (Lipinski definition) is 7. The number of imidazole rings is 1. The molecule has 0 radical (unpaired) electrons. The minimum Gasteiger partial charge on any atom is -0.461 e. The first-order valence-corrected chi connectivity index (χ1v) is 7.78. The molecule has 2 heterocycles. The Morgan fingerprint density at radius 2 is 2.04 bits per heavy atom. The van der Waals surface area contributed by atoms with Gasteiger partial charge in [0.15, 0.2) is 11.5 Å². The number of anilines is 1. The number of benzene rings is 1. The monoisotopic (exact) mass is 344 g/mol. The highest BCUT2D eigenvalue weighted by Gasteiger charge is 2.15. The Labute approximate surface area is 143 Å². The number of nitrogen functional groups attached to an aromatic ring is 1. The van der Waals surface area contributed by atoms with Crippen LogP contribution in [0.15, 0.2) is 29.1 Å². The molecule has 25 heavy (non-hydrogen) atoms. The van der Waals surface area contributed by atoms with Crippen LogP contribution < -0.4 is 21.9 Å². The number of nitrogens with one attached hydrogen (secondary N) is 1. The quantitative estimate of drug-likeness (QED) is 0.522. The molecule has 0 amide bonds. The molecule has 0 aliphatic rings. The van der Waals surface area contributed by atoms with E-state index in [9.17, 15) is 4.79 Å². The van der Waals surface area contributed by atoms with Gasteiger partial charge in [-0.05, 0) is 11.1 Å². The van der Waals surface area contributed by atoms with Gasteiger partial charge in [-0.25, -0.2) is 4.79 Å². The van der Waals surface area contributed by atoms with E-state index in [0.29, 0.717) is 30.9 Å². The van der Waals surface area contributed by atoms with Gasteiger partial charge in [0.1, 0.15) is 12.1 Å². The molecule has 5 N–H and O–H groups in total. The van der Waals surface area contributed by atoms with Gasteiger partial charge in [-0.3, -0.25) is 4.57 Å². The van der Waals surface area contributed by atoms with Crippen LogP contribution in [0.5, 0.6) is 6.01 Å². The molecule has 0 aliphatic carbocycles. The Hall–Kier alpha value is -2.91. The highest BCUT2D eigenvalue weighted by molar-refractivity contribution is 5.81. The van der Waals surface area contributed by atoms with Gasteiger partial charge >= 0.3 is 11.7 Å². The highest BCUT2D eigenvalue weighted by Crippen LogP contribution is 2.18. The van der Waals surface area contributed by atoms with Gasteiger partial charge in [-0.1, -0.05) is 24.3 Å². The van der Waals surface area contributed by atoms with E-state index in [1.165, 1.54) is 4.57 Å². The molecule has 9 nitrogen and oxygen atoms in total. The average Bonchev–Trinajstić information content (AvgIpc) is 2.92. The molecule has 0 saturated heterocycles. The Morgan fingerprint density at radius 3 is 2.80 bits per heavy atom. The van der Waals surface area contributed by atoms with Crippen molar-refractivity contribution < 1.29 is 9.47 Å². The zero-order valence-electron chi connectivity index (χ0n) is 13.9. The molecule has 132 valence electrons. The van der Waals surface area contributed by atoms with E-state index >= 15 is 0 Å². The number of nitrogens with zero attached hydrogens (tertiary/aromatic N) is 3. The average molecular weight is 344 g/mol. The van der Waals surface area contributed by atoms with Gasteiger partial charge in [0.2, 0.25) is 0 Å². The van der Waals surface area contributed by atoms with E-state index in [2.05, 4.69) is 15.0 Å². The number of nitrogens with two attached hydrogens (primary N) is 2. The molecule has 2 aromatic heterocycles. The Kier molecular flexibility index (Phi) is 4.96. The van der Waals surface area contributed by atoms with Gasteiger partial charge in [-0.2, -0.15) is 9.97 Å². The minimum absolute atomic E-state index is 0.102. The third-order valence-corrected chi connectivity index (χ3v) is 3.72. The molecular weight excluding hydrogens is 324 g/mol. The molecule has 3 aromatic rings. The van der Waals surface area contributed by atoms with Gasteiger partial charge < -0.3 is 25.9 Å². The van der Waals surface area contributed by atoms with Crippen LogP contribution in [0.3, 0.4) is 0 Å². The van der Waals surface area contributed by atoms with Crippen molar-refractivity contribution >= 4 is 17.0 Å². The number of hydrogen-bond donors (Lipinski definition) is 3. The molecular formula is C16H20N6O3. The van der Waals surface area contributed by atoms with Crippen LogP contribution in [0.4, 0.5) is 5.82 Å². The lowest BCUT2D eigenvalue weighted by Gasteiger charge is -2.07. The first-order chi connectivity index (χ1) is 12.1. The van der Waals surface area contributed by atoms with Gasteiger partial charge in [-0.15, -0.1) is 0 Å². The lowest BCUT2D eigenvalue weighted by atomic mass is 10.1. The zero-order chi connectivity index (χ0) is 17.8. The van der Waals surface area contributed by atoms with Crippen molar-refractivity contribution in [3.8, 4) is 6.01 Å². The smallest absolute Gasteiger partial charge is 0.328 e. The number of ether oxygens (including phenoxy) is 2. The fraction of sp³-hybridized carbons (Fsp3) is 0.312. The number of H-pyrrole nitrogens is 1. The molecule has 0 fully saturated rings. The first kappa shape index (κ1) is 16.9. The van der Waals surface area contributed by atoms with E-state index in [-0.39, 0.29) is 24.1 Å². The van der Waals surface area contributed by atoms with Crippen molar-refractivity contribution in [2.45, 2.75) is 13.1 Å². The van der Waals surface area contributed by atoms with E-state index in [1.54, 1.807) is 7.11 Å². The summed E-state index contributed by atoms with van der Waals surface area (Å²) in [7, 11) is 1.57. The van der Waals surface area contributed by atoms with Gasteiger partial charge in [0, 0.05) is 13.7 Å². The van der Waals surface area contributed by atoms with Crippen molar-refractivity contribution in [3.05, 3.63) is 45.9 Å². The van der Waals surface area contributed by atoms with Crippen LogP contribution in [0, 0.1) is 0 Å². The largest absolute Gasteiger partial charge is 0.461 e. The molecule has 0 aliphatic heterocycles. The molecule has 0 atom stereocenters. The van der Waals surface area contributed by atoms with E-state index in [1.807, 2.05) is 24.3 Å². The summed E-state index contributed by atoms with van der Waals surface area (Å²) in [5.41, 5.74) is 14.0. The Balaban J connectivity index is 1.98. The molecule has 9 heteroatoms. The third kappa shape index (κ3) is 3.62. The normalized spacial score (nSPS) is 11.1. The summed E-state index contributed by atoms with van der Waals surface area (Å²) in [6.07, 6.45) is 0. The van der Waals surface area contributed by atoms with Crippen LogP contribution >= 0.6 is 0 Å². The molecule has 0 unspecified atom stereocenters. The standard InChI is InChI=1S/C16H20N6O3/c1-24-5-6-25-15-20-13(18)12-14(21-15)22(16(23)19-12)9-11-4-2-3-10(7-11)8-17/h2-4,7H,5-6,8-9,17H2,1H3,(H,19,23)(H2,18,20,21). The van der Waals surface area contributed by atoms with Crippen LogP contribution in [-0.4, -0.2) is 39.8 Å². The van der Waals surface area contributed by atoms with Crippen molar-refractivity contribution in [1.82, 2.24) is 19.5 Å². The van der Waals surface area contributed by atoms with E-state index in [4.69, 9.17) is 20.9 Å². The minimum atomic E-state index is -0.316. The van der Waals surface area contributed by atoms with Crippen LogP contribution in [0.25, 0.3) is 11.2 Å². The van der Waals surface area contributed by atoms with Gasteiger partial charge in [0.25, 0.3) is 0 Å².